The number of aromatic nitrogens is 1. The first-order valence-electron chi connectivity index (χ1n) is 6.04. The highest BCUT2D eigenvalue weighted by Gasteiger charge is 2.26. The van der Waals surface area contributed by atoms with Gasteiger partial charge in [0.2, 0.25) is 0 Å². The maximum Gasteiger partial charge on any atom is 0.0813 e. The molecule has 0 radical (unpaired) electrons. The van der Waals surface area contributed by atoms with E-state index in [0.29, 0.717) is 12.1 Å². The monoisotopic (exact) mass is 247 g/mol. The number of pyridine rings is 1. The van der Waals surface area contributed by atoms with Gasteiger partial charge in [-0.2, -0.15) is 0 Å². The van der Waals surface area contributed by atoms with E-state index in [1.807, 2.05) is 23.6 Å². The van der Waals surface area contributed by atoms with Crippen molar-refractivity contribution in [2.75, 3.05) is 13.6 Å². The molecule has 0 saturated carbocycles. The van der Waals surface area contributed by atoms with Crippen molar-refractivity contribution in [2.24, 2.45) is 5.73 Å². The van der Waals surface area contributed by atoms with Crippen LogP contribution in [0.4, 0.5) is 0 Å². The third kappa shape index (κ3) is 2.08. The zero-order chi connectivity index (χ0) is 11.8. The van der Waals surface area contributed by atoms with E-state index in [-0.39, 0.29) is 0 Å². The number of nitrogens with zero attached hydrogens (tertiary/aromatic N) is 2. The molecule has 3 heterocycles. The van der Waals surface area contributed by atoms with Crippen LogP contribution in [-0.2, 0) is 0 Å². The summed E-state index contributed by atoms with van der Waals surface area (Å²) in [6.45, 7) is 0.992. The molecule has 1 aliphatic heterocycles. The number of likely N-dealkylation sites (tertiary alicyclic amines) is 1. The fourth-order valence-electron chi connectivity index (χ4n) is 2.59. The lowest BCUT2D eigenvalue weighted by Crippen LogP contribution is -2.42. The highest BCUT2D eigenvalue weighted by Crippen LogP contribution is 2.35. The molecular weight excluding hydrogens is 230 g/mol. The van der Waals surface area contributed by atoms with Crippen LogP contribution in [0, 0.1) is 0 Å². The number of hydrogen-bond donors (Lipinski definition) is 1. The van der Waals surface area contributed by atoms with Crippen LogP contribution in [0.5, 0.6) is 0 Å². The van der Waals surface area contributed by atoms with E-state index < -0.39 is 0 Å². The van der Waals surface area contributed by atoms with Gasteiger partial charge in [0.05, 0.1) is 10.2 Å². The van der Waals surface area contributed by atoms with Crippen molar-refractivity contribution in [3.8, 4) is 0 Å². The molecule has 2 atom stereocenters. The number of nitrogens with two attached hydrogens (primary N) is 1. The first kappa shape index (κ1) is 11.1. The Morgan fingerprint density at radius 1 is 1.47 bits per heavy atom. The van der Waals surface area contributed by atoms with E-state index in [1.54, 1.807) is 0 Å². The summed E-state index contributed by atoms with van der Waals surface area (Å²) in [5, 5.41) is 0. The molecule has 90 valence electrons. The van der Waals surface area contributed by atoms with Gasteiger partial charge in [-0.15, -0.1) is 11.3 Å². The van der Waals surface area contributed by atoms with Crippen LogP contribution < -0.4 is 5.73 Å². The molecule has 4 heteroatoms. The lowest BCUT2D eigenvalue weighted by Gasteiger charge is -2.35. The van der Waals surface area contributed by atoms with Gasteiger partial charge in [-0.05, 0) is 38.1 Å². The second kappa shape index (κ2) is 4.37. The smallest absolute Gasteiger partial charge is 0.0813 e. The average molecular weight is 247 g/mol. The molecule has 2 unspecified atom stereocenters. The van der Waals surface area contributed by atoms with Crippen molar-refractivity contribution in [2.45, 2.75) is 24.9 Å². The van der Waals surface area contributed by atoms with Crippen molar-refractivity contribution >= 4 is 21.6 Å². The molecule has 0 amide bonds. The lowest BCUT2D eigenvalue weighted by atomic mass is 9.98. The Hall–Kier alpha value is -0.970. The molecule has 2 aromatic heterocycles. The van der Waals surface area contributed by atoms with Gasteiger partial charge in [-0.3, -0.25) is 9.88 Å². The van der Waals surface area contributed by atoms with Gasteiger partial charge >= 0.3 is 0 Å². The normalized spacial score (nSPS) is 26.5. The second-order valence-corrected chi connectivity index (χ2v) is 5.94. The molecule has 0 aliphatic carbocycles. The standard InChI is InChI=1S/C13H17N3S/c1-16-8-9(14)4-5-11(16)13-7-10-12(17-13)3-2-6-15-10/h2-3,6-7,9,11H,4-5,8,14H2,1H3. The maximum atomic E-state index is 5.99. The van der Waals surface area contributed by atoms with Crippen LogP contribution in [-0.4, -0.2) is 29.5 Å². The number of rotatable bonds is 1. The average Bonchev–Trinajstić information content (AvgIpc) is 2.72. The van der Waals surface area contributed by atoms with Gasteiger partial charge in [0.15, 0.2) is 0 Å². The molecule has 2 N–H and O–H groups in total. The number of fused-ring (bicyclic) bond motifs is 1. The van der Waals surface area contributed by atoms with Gasteiger partial charge < -0.3 is 5.73 Å². The molecule has 1 aliphatic rings. The molecule has 1 saturated heterocycles. The van der Waals surface area contributed by atoms with Crippen molar-refractivity contribution in [1.82, 2.24) is 9.88 Å². The predicted molar refractivity (Wildman–Crippen MR) is 72.2 cm³/mol. The minimum Gasteiger partial charge on any atom is -0.327 e. The second-order valence-electron chi connectivity index (χ2n) is 4.83. The fourth-order valence-corrected chi connectivity index (χ4v) is 3.81. The molecule has 1 fully saturated rings. The first-order chi connectivity index (χ1) is 8.24. The van der Waals surface area contributed by atoms with Crippen LogP contribution in [0.1, 0.15) is 23.8 Å². The Morgan fingerprint density at radius 3 is 3.12 bits per heavy atom. The molecule has 17 heavy (non-hydrogen) atoms. The van der Waals surface area contributed by atoms with Crippen molar-refractivity contribution in [1.29, 1.82) is 0 Å². The van der Waals surface area contributed by atoms with Crippen LogP contribution in [0.2, 0.25) is 0 Å². The molecule has 2 aromatic rings. The summed E-state index contributed by atoms with van der Waals surface area (Å²) in [5.74, 6) is 0. The van der Waals surface area contributed by atoms with Crippen LogP contribution in [0.3, 0.4) is 0 Å². The SMILES string of the molecule is CN1CC(N)CCC1c1cc2ncccc2s1. The quantitative estimate of drug-likeness (QED) is 0.841. The van der Waals surface area contributed by atoms with E-state index >= 15 is 0 Å². The summed E-state index contributed by atoms with van der Waals surface area (Å²) in [7, 11) is 2.17. The summed E-state index contributed by atoms with van der Waals surface area (Å²) in [5.41, 5.74) is 7.11. The van der Waals surface area contributed by atoms with E-state index in [0.717, 1.165) is 24.9 Å². The first-order valence-corrected chi connectivity index (χ1v) is 6.86. The Kier molecular flexibility index (Phi) is 2.86. The third-order valence-electron chi connectivity index (χ3n) is 3.50. The van der Waals surface area contributed by atoms with Gasteiger partial charge in [0, 0.05) is 29.7 Å². The van der Waals surface area contributed by atoms with E-state index in [1.165, 1.54) is 9.58 Å². The minimum absolute atomic E-state index is 0.337. The number of likely N-dealkylation sites (N-methyl/N-ethyl adjacent to an activating group) is 1. The van der Waals surface area contributed by atoms with E-state index in [9.17, 15) is 0 Å². The molecule has 0 bridgehead atoms. The third-order valence-corrected chi connectivity index (χ3v) is 4.69. The minimum atomic E-state index is 0.337. The van der Waals surface area contributed by atoms with Crippen LogP contribution in [0.25, 0.3) is 10.2 Å². The molecule has 0 spiro atoms. The molecule has 3 rings (SSSR count). The lowest BCUT2D eigenvalue weighted by molar-refractivity contribution is 0.172. The summed E-state index contributed by atoms with van der Waals surface area (Å²) in [6.07, 6.45) is 4.14. The summed E-state index contributed by atoms with van der Waals surface area (Å²) in [4.78, 5) is 8.20. The van der Waals surface area contributed by atoms with Gasteiger partial charge in [-0.25, -0.2) is 0 Å². The number of hydrogen-bond acceptors (Lipinski definition) is 4. The Labute approximate surface area is 105 Å². The fraction of sp³-hybridized carbons (Fsp3) is 0.462. The van der Waals surface area contributed by atoms with E-state index in [2.05, 4.69) is 29.1 Å². The van der Waals surface area contributed by atoms with Crippen molar-refractivity contribution < 1.29 is 0 Å². The Morgan fingerprint density at radius 2 is 2.35 bits per heavy atom. The topological polar surface area (TPSA) is 42.1 Å². The van der Waals surface area contributed by atoms with Gasteiger partial charge in [0.1, 0.15) is 0 Å². The summed E-state index contributed by atoms with van der Waals surface area (Å²) < 4.78 is 1.28. The summed E-state index contributed by atoms with van der Waals surface area (Å²) in [6, 6.07) is 7.24. The Bertz CT molecular complexity index is 489. The highest BCUT2D eigenvalue weighted by atomic mass is 32.1. The largest absolute Gasteiger partial charge is 0.327 e. The van der Waals surface area contributed by atoms with E-state index in [4.69, 9.17) is 5.73 Å². The zero-order valence-corrected chi connectivity index (χ0v) is 10.8. The Balaban J connectivity index is 1.93. The molecular formula is C13H17N3S. The van der Waals surface area contributed by atoms with Gasteiger partial charge in [-0.1, -0.05) is 0 Å². The highest BCUT2D eigenvalue weighted by molar-refractivity contribution is 7.19. The van der Waals surface area contributed by atoms with Crippen LogP contribution >= 0.6 is 11.3 Å². The van der Waals surface area contributed by atoms with Crippen LogP contribution in [0.15, 0.2) is 24.4 Å². The number of piperidine rings is 1. The maximum absolute atomic E-state index is 5.99. The predicted octanol–water partition coefficient (Wildman–Crippen LogP) is 2.39. The zero-order valence-electron chi connectivity index (χ0n) is 9.97. The summed E-state index contributed by atoms with van der Waals surface area (Å²) >= 11 is 1.86. The van der Waals surface area contributed by atoms with Crippen molar-refractivity contribution in [3.63, 3.8) is 0 Å². The van der Waals surface area contributed by atoms with Crippen molar-refractivity contribution in [3.05, 3.63) is 29.3 Å². The number of thiophene rings is 1. The molecule has 3 nitrogen and oxygen atoms in total. The molecule has 0 aromatic carbocycles. The van der Waals surface area contributed by atoms with Gasteiger partial charge in [0.25, 0.3) is 0 Å².